The first-order chi connectivity index (χ1) is 8.83. The molecule has 0 atom stereocenters. The van der Waals surface area contributed by atoms with Gasteiger partial charge in [-0.2, -0.15) is 13.2 Å². The first kappa shape index (κ1) is 14.5. The molecule has 19 heavy (non-hydrogen) atoms. The molecule has 1 aromatic heterocycles. The van der Waals surface area contributed by atoms with Crippen molar-refractivity contribution in [3.05, 3.63) is 4.88 Å². The maximum absolute atomic E-state index is 12.2. The Bertz CT molecular complexity index is 495. The maximum atomic E-state index is 12.2. The third kappa shape index (κ3) is 3.36. The Kier molecular flexibility index (Phi) is 4.00. The number of thiophene rings is 1. The first-order valence-electron chi connectivity index (χ1n) is 5.64. The number of carbonyl (C=O) groups excluding carboxylic acids is 1. The lowest BCUT2D eigenvalue weighted by atomic mass is 10.2. The van der Waals surface area contributed by atoms with E-state index < -0.39 is 12.7 Å². The van der Waals surface area contributed by atoms with E-state index in [2.05, 4.69) is 5.32 Å². The molecule has 8 heteroatoms. The number of nitrogens with one attached hydrogen (secondary N) is 1. The maximum Gasteiger partial charge on any atom is 0.405 e. The highest BCUT2D eigenvalue weighted by Crippen LogP contribution is 2.45. The minimum Gasteiger partial charge on any atom is -0.396 e. The van der Waals surface area contributed by atoms with Crippen LogP contribution in [-0.4, -0.2) is 24.8 Å². The Morgan fingerprint density at radius 1 is 1.53 bits per heavy atom. The summed E-state index contributed by atoms with van der Waals surface area (Å²) in [5.74, 6) is -0.0380. The molecule has 1 aliphatic rings. The number of rotatable bonds is 5. The van der Waals surface area contributed by atoms with Gasteiger partial charge in [0.1, 0.15) is 11.5 Å². The molecule has 1 fully saturated rings. The predicted molar refractivity (Wildman–Crippen MR) is 72.1 cm³/mol. The predicted octanol–water partition coefficient (Wildman–Crippen LogP) is 3.62. The molecule has 0 radical (unpaired) electrons. The van der Waals surface area contributed by atoms with E-state index in [4.69, 9.17) is 5.73 Å². The number of anilines is 2. The van der Waals surface area contributed by atoms with Crippen LogP contribution in [0.5, 0.6) is 0 Å². The zero-order valence-electron chi connectivity index (χ0n) is 10.1. The van der Waals surface area contributed by atoms with Gasteiger partial charge in [-0.05, 0) is 19.1 Å². The fraction of sp³-hybridized carbons (Fsp3) is 0.545. The molecule has 0 aromatic carbocycles. The number of thioether (sulfide) groups is 1. The van der Waals surface area contributed by atoms with Crippen LogP contribution in [0.25, 0.3) is 0 Å². The van der Waals surface area contributed by atoms with Gasteiger partial charge in [-0.3, -0.25) is 4.79 Å². The van der Waals surface area contributed by atoms with Gasteiger partial charge < -0.3 is 11.1 Å². The third-order valence-electron chi connectivity index (χ3n) is 2.73. The Morgan fingerprint density at radius 3 is 2.63 bits per heavy atom. The highest BCUT2D eigenvalue weighted by molar-refractivity contribution is 7.99. The van der Waals surface area contributed by atoms with Crippen LogP contribution in [0.1, 0.15) is 22.5 Å². The summed E-state index contributed by atoms with van der Waals surface area (Å²) in [6.07, 6.45) is -0.885. The molecule has 0 spiro atoms. The summed E-state index contributed by atoms with van der Waals surface area (Å²) >= 11 is 2.27. The van der Waals surface area contributed by atoms with Crippen molar-refractivity contribution in [2.24, 2.45) is 5.92 Å². The topological polar surface area (TPSA) is 55.1 Å². The van der Waals surface area contributed by atoms with Crippen molar-refractivity contribution < 1.29 is 18.0 Å². The molecular weight excluding hydrogens is 297 g/mol. The number of halogens is 3. The smallest absolute Gasteiger partial charge is 0.396 e. The molecule has 2 rings (SSSR count). The van der Waals surface area contributed by atoms with Gasteiger partial charge in [-0.1, -0.05) is 0 Å². The van der Waals surface area contributed by atoms with Crippen molar-refractivity contribution in [2.45, 2.75) is 23.9 Å². The molecule has 0 aliphatic heterocycles. The van der Waals surface area contributed by atoms with E-state index in [0.717, 1.165) is 24.2 Å². The minimum absolute atomic E-state index is 0.00567. The lowest BCUT2D eigenvalue weighted by molar-refractivity contribution is -0.115. The molecule has 0 unspecified atom stereocenters. The van der Waals surface area contributed by atoms with E-state index in [0.29, 0.717) is 20.5 Å². The second-order valence-electron chi connectivity index (χ2n) is 4.31. The summed E-state index contributed by atoms with van der Waals surface area (Å²) in [7, 11) is 0. The third-order valence-corrected chi connectivity index (χ3v) is 4.86. The van der Waals surface area contributed by atoms with E-state index in [1.54, 1.807) is 6.26 Å². The molecule has 3 N–H and O–H groups in total. The molecule has 1 aromatic rings. The average Bonchev–Trinajstić information content (AvgIpc) is 3.10. The Labute approximate surface area is 116 Å². The number of alkyl halides is 3. The van der Waals surface area contributed by atoms with Gasteiger partial charge in [-0.15, -0.1) is 23.1 Å². The van der Waals surface area contributed by atoms with Crippen LogP contribution in [0.2, 0.25) is 0 Å². The summed E-state index contributed by atoms with van der Waals surface area (Å²) in [5.41, 5.74) is 6.17. The average molecular weight is 310 g/mol. The monoisotopic (exact) mass is 310 g/mol. The Hall–Kier alpha value is -0.890. The van der Waals surface area contributed by atoms with Crippen LogP contribution in [0.15, 0.2) is 4.90 Å². The molecule has 1 heterocycles. The number of nitrogen functional groups attached to an aromatic ring is 1. The van der Waals surface area contributed by atoms with Gasteiger partial charge in [0.15, 0.2) is 5.78 Å². The van der Waals surface area contributed by atoms with Crippen molar-refractivity contribution >= 4 is 39.6 Å². The largest absolute Gasteiger partial charge is 0.405 e. The normalized spacial score (nSPS) is 15.6. The zero-order chi connectivity index (χ0) is 14.2. The SMILES string of the molecule is CSc1c(NCC(F)(F)F)sc(C(=O)C2CC2)c1N. The van der Waals surface area contributed by atoms with Crippen LogP contribution in [-0.2, 0) is 0 Å². The van der Waals surface area contributed by atoms with E-state index >= 15 is 0 Å². The van der Waals surface area contributed by atoms with Crippen LogP contribution >= 0.6 is 23.1 Å². The van der Waals surface area contributed by atoms with Gasteiger partial charge >= 0.3 is 6.18 Å². The molecule has 106 valence electrons. The van der Waals surface area contributed by atoms with E-state index in [-0.39, 0.29) is 11.7 Å². The molecule has 0 amide bonds. The lowest BCUT2D eigenvalue weighted by Gasteiger charge is -2.08. The molecule has 1 aliphatic carbocycles. The molecule has 3 nitrogen and oxygen atoms in total. The van der Waals surface area contributed by atoms with Crippen LogP contribution in [0.4, 0.5) is 23.9 Å². The summed E-state index contributed by atoms with van der Waals surface area (Å²) in [6, 6.07) is 0. The molecule has 0 saturated heterocycles. The zero-order valence-corrected chi connectivity index (χ0v) is 11.8. The fourth-order valence-electron chi connectivity index (χ4n) is 1.64. The number of hydrogen-bond acceptors (Lipinski definition) is 5. The van der Waals surface area contributed by atoms with Crippen molar-refractivity contribution in [1.82, 2.24) is 0 Å². The quantitative estimate of drug-likeness (QED) is 0.644. The van der Waals surface area contributed by atoms with Gasteiger partial charge in [0.25, 0.3) is 0 Å². The number of hydrogen-bond donors (Lipinski definition) is 2. The first-order valence-corrected chi connectivity index (χ1v) is 7.68. The van der Waals surface area contributed by atoms with Crippen molar-refractivity contribution in [2.75, 3.05) is 23.9 Å². The van der Waals surface area contributed by atoms with Crippen molar-refractivity contribution in [1.29, 1.82) is 0 Å². The van der Waals surface area contributed by atoms with E-state index in [1.807, 2.05) is 0 Å². The lowest BCUT2D eigenvalue weighted by Crippen LogP contribution is -2.21. The minimum atomic E-state index is -4.30. The number of ketones is 1. The summed E-state index contributed by atoms with van der Waals surface area (Å²) in [6.45, 7) is -1.13. The summed E-state index contributed by atoms with van der Waals surface area (Å²) in [4.78, 5) is 12.9. The van der Waals surface area contributed by atoms with Gasteiger partial charge in [0.2, 0.25) is 0 Å². The van der Waals surface area contributed by atoms with Gasteiger partial charge in [0.05, 0.1) is 15.5 Å². The standard InChI is InChI=1S/C11H13F3N2OS2/c1-18-9-6(15)8(7(17)5-2-3-5)19-10(9)16-4-11(12,13)14/h5,16H,2-4,15H2,1H3. The summed E-state index contributed by atoms with van der Waals surface area (Å²) in [5, 5.41) is 2.65. The fourth-order valence-corrected chi connectivity index (χ4v) is 3.69. The number of nitrogens with two attached hydrogens (primary N) is 1. The molecule has 1 saturated carbocycles. The second-order valence-corrected chi connectivity index (χ2v) is 6.15. The van der Waals surface area contributed by atoms with Crippen molar-refractivity contribution in [3.63, 3.8) is 0 Å². The van der Waals surface area contributed by atoms with Crippen LogP contribution in [0.3, 0.4) is 0 Å². The van der Waals surface area contributed by atoms with Gasteiger partial charge in [0, 0.05) is 5.92 Å². The van der Waals surface area contributed by atoms with Crippen LogP contribution < -0.4 is 11.1 Å². The molecule has 0 bridgehead atoms. The molecular formula is C11H13F3N2OS2. The van der Waals surface area contributed by atoms with Crippen LogP contribution in [0, 0.1) is 5.92 Å². The van der Waals surface area contributed by atoms with Crippen molar-refractivity contribution in [3.8, 4) is 0 Å². The highest BCUT2D eigenvalue weighted by atomic mass is 32.2. The second kappa shape index (κ2) is 5.24. The number of carbonyl (C=O) groups is 1. The highest BCUT2D eigenvalue weighted by Gasteiger charge is 2.34. The Morgan fingerprint density at radius 2 is 2.16 bits per heavy atom. The number of Topliss-reactive ketones (excluding diaryl/α,β-unsaturated/α-hetero) is 1. The summed E-state index contributed by atoms with van der Waals surface area (Å²) < 4.78 is 36.7. The van der Waals surface area contributed by atoms with E-state index in [9.17, 15) is 18.0 Å². The Balaban J connectivity index is 2.22. The van der Waals surface area contributed by atoms with Gasteiger partial charge in [-0.25, -0.2) is 0 Å². The van der Waals surface area contributed by atoms with E-state index in [1.165, 1.54) is 11.8 Å².